The summed E-state index contributed by atoms with van der Waals surface area (Å²) < 4.78 is 34.0. The minimum Gasteiger partial charge on any atom is -0.507 e. The Hall–Kier alpha value is -4.70. The average Bonchev–Trinajstić information content (AvgIpc) is 3.67. The number of rotatable bonds is 10. The van der Waals surface area contributed by atoms with Gasteiger partial charge >= 0.3 is 5.97 Å². The first-order valence-corrected chi connectivity index (χ1v) is 15.7. The molecule has 0 saturated carbocycles. The minimum absolute atomic E-state index is 0.0210. The van der Waals surface area contributed by atoms with Crippen LogP contribution in [-0.4, -0.2) is 62.8 Å². The second kappa shape index (κ2) is 12.8. The highest BCUT2D eigenvalue weighted by atomic mass is 35.5. The van der Waals surface area contributed by atoms with Crippen molar-refractivity contribution in [2.75, 3.05) is 34.5 Å². The Bertz CT molecular complexity index is 1800. The van der Waals surface area contributed by atoms with Gasteiger partial charge in [0.05, 0.1) is 41.0 Å². The fourth-order valence-corrected chi connectivity index (χ4v) is 6.99. The van der Waals surface area contributed by atoms with Gasteiger partial charge < -0.3 is 33.5 Å². The molecule has 2 heterocycles. The molecule has 3 aliphatic rings. The van der Waals surface area contributed by atoms with E-state index in [2.05, 4.69) is 6.07 Å². The lowest BCUT2D eigenvalue weighted by Gasteiger charge is -2.38. The van der Waals surface area contributed by atoms with Crippen LogP contribution in [0.15, 0.2) is 59.9 Å². The third kappa shape index (κ3) is 5.44. The van der Waals surface area contributed by atoms with E-state index < -0.39 is 40.7 Å². The molecule has 0 bridgehead atoms. The maximum atomic E-state index is 14.3. The molecule has 47 heavy (non-hydrogen) atoms. The van der Waals surface area contributed by atoms with Crippen LogP contribution >= 0.6 is 11.6 Å². The van der Waals surface area contributed by atoms with Gasteiger partial charge in [0.15, 0.2) is 17.3 Å². The van der Waals surface area contributed by atoms with E-state index in [4.69, 9.17) is 40.0 Å². The summed E-state index contributed by atoms with van der Waals surface area (Å²) in [4.78, 5) is 41.0. The summed E-state index contributed by atoms with van der Waals surface area (Å²) in [6, 6.07) is 14.5. The topological polar surface area (TPSA) is 127 Å². The van der Waals surface area contributed by atoms with Gasteiger partial charge in [-0.05, 0) is 23.3 Å². The van der Waals surface area contributed by atoms with E-state index in [0.717, 1.165) is 23.3 Å². The Morgan fingerprint density at radius 3 is 2.57 bits per heavy atom. The van der Waals surface area contributed by atoms with Crippen LogP contribution in [0.25, 0.3) is 0 Å². The van der Waals surface area contributed by atoms with E-state index in [-0.39, 0.29) is 46.2 Å². The molecule has 246 valence electrons. The summed E-state index contributed by atoms with van der Waals surface area (Å²) in [6.45, 7) is 2.62. The standard InChI is InChI=1S/C36H35ClO10/c1-19-15-24(38)30(34(40)36(19)35(41)31-27(42-2)18-28(43-3)32(37)33(31)47-36)23(17-29(39)44-4)22-7-5-6-8-26(22)46-13-11-20-9-10-25-21(16-20)12-14-45-25/h5-10,16,18-19,23,40H,11-15,17H2,1-4H3/t19-,23+,36+/m1/s1. The van der Waals surface area contributed by atoms with Crippen LogP contribution in [0.2, 0.25) is 5.02 Å². The number of halogens is 1. The fraction of sp³-hybridized carbons (Fsp3) is 0.361. The lowest BCUT2D eigenvalue weighted by atomic mass is 9.69. The number of ketones is 2. The van der Waals surface area contributed by atoms with Crippen LogP contribution in [0.3, 0.4) is 0 Å². The number of Topliss-reactive ketones (excluding diaryl/α,β-unsaturated/α-hetero) is 2. The highest BCUT2D eigenvalue weighted by Crippen LogP contribution is 2.56. The molecule has 6 rings (SSSR count). The summed E-state index contributed by atoms with van der Waals surface area (Å²) in [5, 5.41) is 12.1. The fourth-order valence-electron chi connectivity index (χ4n) is 6.73. The zero-order chi connectivity index (χ0) is 33.5. The Morgan fingerprint density at radius 1 is 1.06 bits per heavy atom. The van der Waals surface area contributed by atoms with Crippen LogP contribution in [0, 0.1) is 5.92 Å². The van der Waals surface area contributed by atoms with Crippen LogP contribution in [0.1, 0.15) is 52.7 Å². The number of fused-ring (bicyclic) bond motifs is 2. The third-order valence-corrected chi connectivity index (χ3v) is 9.51. The van der Waals surface area contributed by atoms with Crippen LogP contribution in [-0.2, 0) is 27.2 Å². The van der Waals surface area contributed by atoms with Gasteiger partial charge in [-0.2, -0.15) is 0 Å². The highest BCUT2D eigenvalue weighted by molar-refractivity contribution is 6.35. The van der Waals surface area contributed by atoms with Crippen molar-refractivity contribution in [2.24, 2.45) is 5.92 Å². The van der Waals surface area contributed by atoms with E-state index in [0.29, 0.717) is 30.9 Å². The number of aliphatic hydroxyl groups is 1. The number of benzene rings is 3. The molecular weight excluding hydrogens is 628 g/mol. The molecule has 0 saturated heterocycles. The molecule has 1 spiro atoms. The Balaban J connectivity index is 1.40. The van der Waals surface area contributed by atoms with Crippen molar-refractivity contribution in [3.05, 3.63) is 87.1 Å². The molecule has 2 aliphatic heterocycles. The molecule has 0 aromatic heterocycles. The summed E-state index contributed by atoms with van der Waals surface area (Å²) in [5.74, 6) is -2.46. The molecule has 1 N–H and O–H groups in total. The highest BCUT2D eigenvalue weighted by Gasteiger charge is 2.61. The molecule has 3 aromatic carbocycles. The van der Waals surface area contributed by atoms with Crippen molar-refractivity contribution in [3.63, 3.8) is 0 Å². The van der Waals surface area contributed by atoms with Gasteiger partial charge in [-0.1, -0.05) is 48.9 Å². The first-order valence-electron chi connectivity index (χ1n) is 15.3. The van der Waals surface area contributed by atoms with E-state index in [1.807, 2.05) is 12.1 Å². The zero-order valence-electron chi connectivity index (χ0n) is 26.5. The van der Waals surface area contributed by atoms with Gasteiger partial charge in [0.1, 0.15) is 33.6 Å². The first kappa shape index (κ1) is 32.2. The smallest absolute Gasteiger partial charge is 0.306 e. The van der Waals surface area contributed by atoms with E-state index in [9.17, 15) is 19.5 Å². The second-order valence-corrected chi connectivity index (χ2v) is 12.1. The molecule has 10 nitrogen and oxygen atoms in total. The summed E-state index contributed by atoms with van der Waals surface area (Å²) in [6.07, 6.45) is 0.997. The molecule has 1 aliphatic carbocycles. The number of para-hydroxylation sites is 1. The normalized spacial score (nSPS) is 20.3. The number of hydrogen-bond donors (Lipinski definition) is 1. The largest absolute Gasteiger partial charge is 0.507 e. The van der Waals surface area contributed by atoms with E-state index in [1.165, 1.54) is 27.4 Å². The molecule has 0 fully saturated rings. The van der Waals surface area contributed by atoms with Gasteiger partial charge in [-0.25, -0.2) is 0 Å². The molecule has 11 heteroatoms. The van der Waals surface area contributed by atoms with Gasteiger partial charge in [0.2, 0.25) is 11.4 Å². The molecule has 0 unspecified atom stereocenters. The van der Waals surface area contributed by atoms with Crippen molar-refractivity contribution >= 4 is 29.1 Å². The average molecular weight is 663 g/mol. The van der Waals surface area contributed by atoms with E-state index in [1.54, 1.807) is 31.2 Å². The number of ether oxygens (including phenoxy) is 6. The van der Waals surface area contributed by atoms with E-state index >= 15 is 0 Å². The minimum atomic E-state index is -2.00. The van der Waals surface area contributed by atoms with Crippen molar-refractivity contribution in [3.8, 4) is 28.7 Å². The van der Waals surface area contributed by atoms with Gasteiger partial charge in [0, 0.05) is 48.3 Å². The van der Waals surface area contributed by atoms with Gasteiger partial charge in [-0.15, -0.1) is 0 Å². The van der Waals surface area contributed by atoms with Crippen molar-refractivity contribution in [1.29, 1.82) is 0 Å². The zero-order valence-corrected chi connectivity index (χ0v) is 27.3. The molecule has 0 radical (unpaired) electrons. The molecule has 0 amide bonds. The lowest BCUT2D eigenvalue weighted by molar-refractivity contribution is -0.140. The van der Waals surface area contributed by atoms with Crippen LogP contribution < -0.4 is 23.7 Å². The number of methoxy groups -OCH3 is 3. The Morgan fingerprint density at radius 2 is 1.83 bits per heavy atom. The predicted molar refractivity (Wildman–Crippen MR) is 171 cm³/mol. The Kier molecular flexibility index (Phi) is 8.80. The monoisotopic (exact) mass is 662 g/mol. The summed E-state index contributed by atoms with van der Waals surface area (Å²) >= 11 is 6.59. The quantitative estimate of drug-likeness (QED) is 0.259. The number of aliphatic hydroxyl groups excluding tert-OH is 1. The number of hydrogen-bond acceptors (Lipinski definition) is 10. The summed E-state index contributed by atoms with van der Waals surface area (Å²) in [7, 11) is 4.04. The number of esters is 1. The summed E-state index contributed by atoms with van der Waals surface area (Å²) in [5.41, 5.74) is 0.601. The molecule has 3 aromatic rings. The third-order valence-electron chi connectivity index (χ3n) is 9.15. The molecule has 3 atom stereocenters. The van der Waals surface area contributed by atoms with Crippen LogP contribution in [0.5, 0.6) is 28.7 Å². The predicted octanol–water partition coefficient (Wildman–Crippen LogP) is 6.00. The lowest BCUT2D eigenvalue weighted by Crippen LogP contribution is -2.53. The van der Waals surface area contributed by atoms with Gasteiger partial charge in [0.25, 0.3) is 0 Å². The maximum Gasteiger partial charge on any atom is 0.306 e. The molecular formula is C36H35ClO10. The number of allylic oxidation sites excluding steroid dienone is 1. The van der Waals surface area contributed by atoms with Gasteiger partial charge in [-0.3, -0.25) is 14.4 Å². The second-order valence-electron chi connectivity index (χ2n) is 11.8. The maximum absolute atomic E-state index is 14.3. The SMILES string of the molecule is COC(=O)C[C@H](C1=C(O)[C@@]2(Oc3c(Cl)c(OC)cc(OC)c3C2=O)[C@H](C)CC1=O)c1ccccc1OCCc1ccc2c(c1)CCO2. The van der Waals surface area contributed by atoms with Crippen molar-refractivity contribution < 1.29 is 47.9 Å². The number of carbonyl (C=O) groups is 3. The van der Waals surface area contributed by atoms with Crippen LogP contribution in [0.4, 0.5) is 0 Å². The first-order chi connectivity index (χ1) is 22.6. The van der Waals surface area contributed by atoms with Crippen molar-refractivity contribution in [2.45, 2.75) is 44.1 Å². The Labute approximate surface area is 277 Å². The van der Waals surface area contributed by atoms with Crippen molar-refractivity contribution in [1.82, 2.24) is 0 Å². The number of carbonyl (C=O) groups excluding carboxylic acids is 3.